The summed E-state index contributed by atoms with van der Waals surface area (Å²) < 4.78 is 0. The number of pyridine rings is 1. The van der Waals surface area contributed by atoms with Gasteiger partial charge in [0.05, 0.1) is 5.69 Å². The van der Waals surface area contributed by atoms with Crippen LogP contribution in [0, 0.1) is 0 Å². The molecule has 2 amide bonds. The van der Waals surface area contributed by atoms with Gasteiger partial charge in [0, 0.05) is 19.2 Å². The highest BCUT2D eigenvalue weighted by Gasteiger charge is 2.06. The zero-order valence-corrected chi connectivity index (χ0v) is 9.27. The Morgan fingerprint density at radius 3 is 2.82 bits per heavy atom. The highest BCUT2D eigenvalue weighted by molar-refractivity contribution is 5.93. The molecule has 1 rings (SSSR count). The number of carbonyl (C=O) groups excluding carboxylic acids is 2. The fourth-order valence-corrected chi connectivity index (χ4v) is 1.20. The maximum absolute atomic E-state index is 11.6. The summed E-state index contributed by atoms with van der Waals surface area (Å²) in [7, 11) is 0. The van der Waals surface area contributed by atoms with Crippen LogP contribution in [0.1, 0.15) is 23.3 Å². The topological polar surface area (TPSA) is 123 Å². The smallest absolute Gasteiger partial charge is 0.269 e. The van der Waals surface area contributed by atoms with E-state index in [0.717, 1.165) is 0 Å². The van der Waals surface area contributed by atoms with E-state index >= 15 is 0 Å². The number of rotatable bonds is 6. The van der Waals surface area contributed by atoms with E-state index in [0.29, 0.717) is 18.7 Å². The van der Waals surface area contributed by atoms with Crippen molar-refractivity contribution < 1.29 is 9.59 Å². The van der Waals surface area contributed by atoms with Crippen LogP contribution >= 0.6 is 0 Å². The predicted octanol–water partition coefficient (Wildman–Crippen LogP) is -0.637. The third kappa shape index (κ3) is 4.47. The third-order valence-corrected chi connectivity index (χ3v) is 2.04. The Kier molecular flexibility index (Phi) is 4.89. The Morgan fingerprint density at radius 2 is 2.18 bits per heavy atom. The summed E-state index contributed by atoms with van der Waals surface area (Å²) in [5.41, 5.74) is 8.26. The van der Waals surface area contributed by atoms with Crippen molar-refractivity contribution >= 4 is 17.5 Å². The Hall–Kier alpha value is -2.15. The Balaban J connectivity index is 2.43. The second kappa shape index (κ2) is 6.44. The Labute approximate surface area is 98.5 Å². The molecule has 1 heterocycles. The first kappa shape index (κ1) is 12.9. The largest absolute Gasteiger partial charge is 0.370 e. The number of hydrazine groups is 1. The first-order chi connectivity index (χ1) is 8.13. The maximum Gasteiger partial charge on any atom is 0.269 e. The molecular formula is C10H15N5O2. The summed E-state index contributed by atoms with van der Waals surface area (Å²) in [5.74, 6) is 4.52. The van der Waals surface area contributed by atoms with Crippen LogP contribution in [0.4, 0.5) is 5.69 Å². The lowest BCUT2D eigenvalue weighted by molar-refractivity contribution is -0.118. The van der Waals surface area contributed by atoms with E-state index < -0.39 is 0 Å². The SMILES string of the molecule is NNc1ccnc(C(=O)NCCCC(N)=O)c1. The van der Waals surface area contributed by atoms with E-state index in [1.165, 1.54) is 12.3 Å². The fourth-order valence-electron chi connectivity index (χ4n) is 1.20. The van der Waals surface area contributed by atoms with Crippen molar-refractivity contribution in [1.29, 1.82) is 0 Å². The highest BCUT2D eigenvalue weighted by atomic mass is 16.2. The van der Waals surface area contributed by atoms with E-state index in [1.54, 1.807) is 6.07 Å². The second-order valence-corrected chi connectivity index (χ2v) is 3.40. The van der Waals surface area contributed by atoms with Crippen LogP contribution in [0.3, 0.4) is 0 Å². The number of primary amides is 1. The molecule has 7 nitrogen and oxygen atoms in total. The molecular weight excluding hydrogens is 222 g/mol. The van der Waals surface area contributed by atoms with Gasteiger partial charge in [-0.05, 0) is 18.6 Å². The van der Waals surface area contributed by atoms with Gasteiger partial charge in [0.1, 0.15) is 5.69 Å². The van der Waals surface area contributed by atoms with Crippen molar-refractivity contribution in [2.45, 2.75) is 12.8 Å². The molecule has 0 aromatic carbocycles. The van der Waals surface area contributed by atoms with Gasteiger partial charge in [-0.2, -0.15) is 0 Å². The van der Waals surface area contributed by atoms with Crippen LogP contribution in [0.15, 0.2) is 18.3 Å². The summed E-state index contributed by atoms with van der Waals surface area (Å²) in [4.78, 5) is 26.0. The molecule has 0 aliphatic carbocycles. The van der Waals surface area contributed by atoms with E-state index in [2.05, 4.69) is 15.7 Å². The molecule has 0 spiro atoms. The average Bonchev–Trinajstić information content (AvgIpc) is 2.34. The summed E-state index contributed by atoms with van der Waals surface area (Å²) in [6.45, 7) is 0.379. The van der Waals surface area contributed by atoms with Crippen molar-refractivity contribution in [2.75, 3.05) is 12.0 Å². The molecule has 0 saturated heterocycles. The molecule has 0 fully saturated rings. The first-order valence-electron chi connectivity index (χ1n) is 5.12. The second-order valence-electron chi connectivity index (χ2n) is 3.40. The van der Waals surface area contributed by atoms with Gasteiger partial charge in [0.25, 0.3) is 5.91 Å². The number of anilines is 1. The van der Waals surface area contributed by atoms with Crippen LogP contribution in [0.2, 0.25) is 0 Å². The molecule has 92 valence electrons. The summed E-state index contributed by atoms with van der Waals surface area (Å²) in [6.07, 6.45) is 2.24. The lowest BCUT2D eigenvalue weighted by atomic mass is 10.2. The van der Waals surface area contributed by atoms with Crippen molar-refractivity contribution in [3.63, 3.8) is 0 Å². The van der Waals surface area contributed by atoms with Crippen molar-refractivity contribution in [2.24, 2.45) is 11.6 Å². The maximum atomic E-state index is 11.6. The van der Waals surface area contributed by atoms with Gasteiger partial charge in [-0.15, -0.1) is 0 Å². The van der Waals surface area contributed by atoms with Crippen LogP contribution in [-0.4, -0.2) is 23.3 Å². The van der Waals surface area contributed by atoms with E-state index in [9.17, 15) is 9.59 Å². The molecule has 0 aliphatic rings. The number of nitrogens with zero attached hydrogens (tertiary/aromatic N) is 1. The number of amides is 2. The predicted molar refractivity (Wildman–Crippen MR) is 62.8 cm³/mol. The minimum Gasteiger partial charge on any atom is -0.370 e. The molecule has 0 aliphatic heterocycles. The molecule has 0 unspecified atom stereocenters. The number of nitrogens with two attached hydrogens (primary N) is 2. The molecule has 17 heavy (non-hydrogen) atoms. The van der Waals surface area contributed by atoms with Crippen molar-refractivity contribution in [3.05, 3.63) is 24.0 Å². The number of hydrogen-bond donors (Lipinski definition) is 4. The van der Waals surface area contributed by atoms with Gasteiger partial charge in [0.15, 0.2) is 0 Å². The minimum absolute atomic E-state index is 0.248. The summed E-state index contributed by atoms with van der Waals surface area (Å²) in [6, 6.07) is 3.17. The van der Waals surface area contributed by atoms with Crippen molar-refractivity contribution in [3.8, 4) is 0 Å². The summed E-state index contributed by atoms with van der Waals surface area (Å²) >= 11 is 0. The molecule has 1 aromatic rings. The van der Waals surface area contributed by atoms with E-state index in [4.69, 9.17) is 11.6 Å². The molecule has 6 N–H and O–H groups in total. The van der Waals surface area contributed by atoms with Gasteiger partial charge in [-0.25, -0.2) is 0 Å². The van der Waals surface area contributed by atoms with Gasteiger partial charge in [-0.1, -0.05) is 0 Å². The van der Waals surface area contributed by atoms with Crippen LogP contribution in [0.25, 0.3) is 0 Å². The summed E-state index contributed by atoms with van der Waals surface area (Å²) in [5, 5.41) is 2.63. The number of nitrogen functional groups attached to an aromatic ring is 1. The van der Waals surface area contributed by atoms with Crippen LogP contribution in [-0.2, 0) is 4.79 Å². The van der Waals surface area contributed by atoms with E-state index in [-0.39, 0.29) is 23.9 Å². The quantitative estimate of drug-likeness (QED) is 0.298. The lowest BCUT2D eigenvalue weighted by Crippen LogP contribution is -2.26. The molecule has 0 bridgehead atoms. The van der Waals surface area contributed by atoms with E-state index in [1.807, 2.05) is 0 Å². The molecule has 0 saturated carbocycles. The van der Waals surface area contributed by atoms with Crippen molar-refractivity contribution in [1.82, 2.24) is 10.3 Å². The monoisotopic (exact) mass is 237 g/mol. The number of aromatic nitrogens is 1. The van der Waals surface area contributed by atoms with Crippen LogP contribution < -0.4 is 22.3 Å². The number of carbonyl (C=O) groups is 2. The van der Waals surface area contributed by atoms with Gasteiger partial charge in [0.2, 0.25) is 5.91 Å². The zero-order chi connectivity index (χ0) is 12.7. The highest BCUT2D eigenvalue weighted by Crippen LogP contribution is 2.05. The standard InChI is InChI=1S/C10H15N5O2/c11-9(16)2-1-4-14-10(17)8-6-7(15-12)3-5-13-8/h3,5-6H,1-2,4,12H2,(H2,11,16)(H,13,15)(H,14,17). The molecule has 0 radical (unpaired) electrons. The Morgan fingerprint density at radius 1 is 1.41 bits per heavy atom. The molecule has 1 aromatic heterocycles. The van der Waals surface area contributed by atoms with Gasteiger partial charge >= 0.3 is 0 Å². The van der Waals surface area contributed by atoms with Crippen LogP contribution in [0.5, 0.6) is 0 Å². The lowest BCUT2D eigenvalue weighted by Gasteiger charge is -2.05. The number of nitrogens with one attached hydrogen (secondary N) is 2. The molecule has 0 atom stereocenters. The zero-order valence-electron chi connectivity index (χ0n) is 9.27. The number of hydrogen-bond acceptors (Lipinski definition) is 5. The van der Waals surface area contributed by atoms with Gasteiger partial charge < -0.3 is 16.5 Å². The first-order valence-corrected chi connectivity index (χ1v) is 5.12. The Bertz CT molecular complexity index is 407. The van der Waals surface area contributed by atoms with Gasteiger partial charge in [-0.3, -0.25) is 20.4 Å². The third-order valence-electron chi connectivity index (χ3n) is 2.04. The minimum atomic E-state index is -0.383. The normalized spacial score (nSPS) is 9.71. The average molecular weight is 237 g/mol. The fraction of sp³-hybridized carbons (Fsp3) is 0.300. The molecule has 7 heteroatoms.